The summed E-state index contributed by atoms with van der Waals surface area (Å²) >= 11 is 1.25. The molecule has 3 aliphatic rings. The highest BCUT2D eigenvalue weighted by Gasteiger charge is 2.52. The zero-order chi connectivity index (χ0) is 19.9. The van der Waals surface area contributed by atoms with Gasteiger partial charge in [0.25, 0.3) is 5.91 Å². The first-order valence-corrected chi connectivity index (χ1v) is 9.57. The van der Waals surface area contributed by atoms with Gasteiger partial charge in [-0.15, -0.1) is 6.58 Å². The van der Waals surface area contributed by atoms with Gasteiger partial charge < -0.3 is 9.80 Å². The molecule has 0 aromatic rings. The van der Waals surface area contributed by atoms with Crippen molar-refractivity contribution in [2.75, 3.05) is 27.2 Å². The Labute approximate surface area is 160 Å². The average Bonchev–Trinajstić information content (AvgIpc) is 3.29. The number of piperazine rings is 1. The molecular weight excluding hydrogens is 378 g/mol. The van der Waals surface area contributed by atoms with Crippen molar-refractivity contribution in [2.24, 2.45) is 4.99 Å². The van der Waals surface area contributed by atoms with Crippen LogP contribution in [0.2, 0.25) is 0 Å². The van der Waals surface area contributed by atoms with Gasteiger partial charge in [-0.05, 0) is 6.42 Å². The predicted molar refractivity (Wildman–Crippen MR) is 97.5 cm³/mol. The second-order valence-electron chi connectivity index (χ2n) is 6.96. The molecule has 3 heterocycles. The van der Waals surface area contributed by atoms with Crippen LogP contribution < -0.4 is 0 Å². The van der Waals surface area contributed by atoms with Crippen molar-refractivity contribution >= 4 is 34.7 Å². The number of aliphatic imine (C=N–C) groups is 1. The molecule has 148 valence electrons. The number of rotatable bonds is 5. The van der Waals surface area contributed by atoms with Crippen molar-refractivity contribution in [1.82, 2.24) is 14.7 Å². The number of hydrogen-bond donors (Lipinski definition) is 0. The molecule has 0 saturated carbocycles. The van der Waals surface area contributed by atoms with Crippen molar-refractivity contribution < 1.29 is 23.2 Å². The number of halogens is 2. The van der Waals surface area contributed by atoms with Crippen LogP contribution in [0.25, 0.3) is 0 Å². The highest BCUT2D eigenvalue weighted by Crippen LogP contribution is 2.36. The van der Waals surface area contributed by atoms with Gasteiger partial charge >= 0.3 is 5.92 Å². The molecule has 0 spiro atoms. The van der Waals surface area contributed by atoms with Gasteiger partial charge in [-0.2, -0.15) is 8.78 Å². The first kappa shape index (κ1) is 19.8. The quantitative estimate of drug-likeness (QED) is 0.645. The van der Waals surface area contributed by atoms with Crippen LogP contribution >= 0.6 is 11.8 Å². The van der Waals surface area contributed by atoms with E-state index in [1.54, 1.807) is 19.0 Å². The summed E-state index contributed by atoms with van der Waals surface area (Å²) in [4.78, 5) is 45.2. The van der Waals surface area contributed by atoms with E-state index in [1.165, 1.54) is 21.6 Å². The summed E-state index contributed by atoms with van der Waals surface area (Å²) < 4.78 is 27.7. The number of carbonyl (C=O) groups excluding carboxylic acids is 3. The average molecular weight is 400 g/mol. The van der Waals surface area contributed by atoms with Gasteiger partial charge in [-0.3, -0.25) is 24.3 Å². The second-order valence-corrected chi connectivity index (χ2v) is 8.13. The lowest BCUT2D eigenvalue weighted by Gasteiger charge is -2.36. The van der Waals surface area contributed by atoms with Gasteiger partial charge in [0.15, 0.2) is 5.17 Å². The molecule has 27 heavy (non-hydrogen) atoms. The highest BCUT2D eigenvalue weighted by molar-refractivity contribution is 8.15. The van der Waals surface area contributed by atoms with E-state index in [9.17, 15) is 23.2 Å². The summed E-state index contributed by atoms with van der Waals surface area (Å²) in [6, 6.07) is -0.672. The Bertz CT molecular complexity index is 714. The standard InChI is InChI=1S/C17H22F2N4O3S/c1-4-5-17(18,19)15(26)23-9-10-6-11(23)8-22(10)13(24)7-12-14(25)21(3)16(20-2)27-12/h4,10-12H,1,5-9H2,2-3H3/t10-,11-,12?/m0/s1. The van der Waals surface area contributed by atoms with Crippen molar-refractivity contribution in [3.63, 3.8) is 0 Å². The van der Waals surface area contributed by atoms with Crippen molar-refractivity contribution in [1.29, 1.82) is 0 Å². The molecule has 0 aromatic heterocycles. The van der Waals surface area contributed by atoms with Crippen LogP contribution in [0.5, 0.6) is 0 Å². The molecule has 7 nitrogen and oxygen atoms in total. The first-order valence-electron chi connectivity index (χ1n) is 8.69. The number of nitrogens with zero attached hydrogens (tertiary/aromatic N) is 4. The Hall–Kier alpha value is -1.97. The van der Waals surface area contributed by atoms with Gasteiger partial charge in [0.05, 0.1) is 12.1 Å². The number of allylic oxidation sites excluding steroid dienone is 1. The van der Waals surface area contributed by atoms with E-state index in [-0.39, 0.29) is 37.4 Å². The Morgan fingerprint density at radius 1 is 1.33 bits per heavy atom. The lowest BCUT2D eigenvalue weighted by molar-refractivity contribution is -0.160. The smallest absolute Gasteiger partial charge is 0.328 e. The molecule has 2 bridgehead atoms. The summed E-state index contributed by atoms with van der Waals surface area (Å²) in [5, 5.41) is 0.0527. The van der Waals surface area contributed by atoms with Gasteiger partial charge in [0, 0.05) is 40.0 Å². The molecule has 0 aliphatic carbocycles. The van der Waals surface area contributed by atoms with Crippen molar-refractivity contribution in [3.8, 4) is 0 Å². The Morgan fingerprint density at radius 3 is 2.48 bits per heavy atom. The summed E-state index contributed by atoms with van der Waals surface area (Å²) in [6.07, 6.45) is 0.868. The maximum Gasteiger partial charge on any atom is 0.328 e. The molecular formula is C17H22F2N4O3S. The maximum atomic E-state index is 13.9. The number of hydrogen-bond acceptors (Lipinski definition) is 5. The Balaban J connectivity index is 1.60. The van der Waals surface area contributed by atoms with Crippen LogP contribution in [0, 0.1) is 0 Å². The van der Waals surface area contributed by atoms with Crippen molar-refractivity contribution in [3.05, 3.63) is 12.7 Å². The molecule has 0 N–H and O–H groups in total. The summed E-state index contributed by atoms with van der Waals surface area (Å²) in [5.41, 5.74) is 0. The molecule has 0 radical (unpaired) electrons. The van der Waals surface area contributed by atoms with E-state index in [2.05, 4.69) is 11.6 Å². The third kappa shape index (κ3) is 3.46. The topological polar surface area (TPSA) is 73.3 Å². The fraction of sp³-hybridized carbons (Fsp3) is 0.647. The summed E-state index contributed by atoms with van der Waals surface area (Å²) in [5.74, 6) is -5.02. The van der Waals surface area contributed by atoms with E-state index in [0.29, 0.717) is 11.6 Å². The van der Waals surface area contributed by atoms with Crippen LogP contribution in [0.4, 0.5) is 8.78 Å². The minimum atomic E-state index is -3.46. The third-order valence-corrected chi connectivity index (χ3v) is 6.55. The third-order valence-electron chi connectivity index (χ3n) is 5.23. The van der Waals surface area contributed by atoms with E-state index >= 15 is 0 Å². The molecule has 3 amide bonds. The zero-order valence-corrected chi connectivity index (χ0v) is 16.0. The molecule has 3 atom stereocenters. The van der Waals surface area contributed by atoms with Crippen LogP contribution in [0.1, 0.15) is 19.3 Å². The Kier molecular flexibility index (Phi) is 5.29. The fourth-order valence-corrected chi connectivity index (χ4v) is 4.97. The van der Waals surface area contributed by atoms with Gasteiger partial charge in [0.2, 0.25) is 11.8 Å². The molecule has 1 unspecified atom stereocenters. The van der Waals surface area contributed by atoms with E-state index in [0.717, 1.165) is 6.08 Å². The number of alkyl halides is 2. The Morgan fingerprint density at radius 2 is 1.96 bits per heavy atom. The molecule has 3 rings (SSSR count). The van der Waals surface area contributed by atoms with E-state index in [4.69, 9.17) is 0 Å². The number of amides is 3. The van der Waals surface area contributed by atoms with Gasteiger partial charge in [0.1, 0.15) is 5.25 Å². The lowest BCUT2D eigenvalue weighted by Crippen LogP contribution is -2.54. The predicted octanol–water partition coefficient (Wildman–Crippen LogP) is 0.959. The summed E-state index contributed by atoms with van der Waals surface area (Å²) in [6.45, 7) is 3.60. The van der Waals surface area contributed by atoms with Crippen LogP contribution in [0.15, 0.2) is 17.6 Å². The molecule has 10 heteroatoms. The van der Waals surface area contributed by atoms with E-state index in [1.807, 2.05) is 0 Å². The number of amidine groups is 1. The van der Waals surface area contributed by atoms with Crippen LogP contribution in [-0.2, 0) is 14.4 Å². The number of thioether (sulfide) groups is 1. The first-order chi connectivity index (χ1) is 12.7. The largest absolute Gasteiger partial charge is 0.336 e. The monoisotopic (exact) mass is 400 g/mol. The molecule has 3 saturated heterocycles. The number of likely N-dealkylation sites (tertiary alicyclic amines) is 2. The van der Waals surface area contributed by atoms with Crippen LogP contribution in [-0.4, -0.2) is 88.0 Å². The second kappa shape index (κ2) is 7.21. The minimum absolute atomic E-state index is 0.0383. The van der Waals surface area contributed by atoms with Crippen molar-refractivity contribution in [2.45, 2.75) is 42.5 Å². The number of fused-ring (bicyclic) bond motifs is 2. The SMILES string of the molecule is C=CCC(F)(F)C(=O)N1C[C@@H]2C[C@H]1CN2C(=O)CC1SC(=NC)N(C)C1=O. The van der Waals surface area contributed by atoms with E-state index < -0.39 is 29.5 Å². The zero-order valence-electron chi connectivity index (χ0n) is 15.2. The fourth-order valence-electron chi connectivity index (χ4n) is 3.87. The highest BCUT2D eigenvalue weighted by atomic mass is 32.2. The normalized spacial score (nSPS) is 29.2. The molecule has 0 aromatic carbocycles. The maximum absolute atomic E-state index is 13.9. The van der Waals surface area contributed by atoms with Crippen LogP contribution in [0.3, 0.4) is 0 Å². The van der Waals surface area contributed by atoms with Gasteiger partial charge in [-0.1, -0.05) is 17.8 Å². The molecule has 3 fully saturated rings. The lowest BCUT2D eigenvalue weighted by atomic mass is 10.1. The minimum Gasteiger partial charge on any atom is -0.336 e. The summed E-state index contributed by atoms with van der Waals surface area (Å²) in [7, 11) is 3.20. The molecule has 3 aliphatic heterocycles. The van der Waals surface area contributed by atoms with Gasteiger partial charge in [-0.25, -0.2) is 0 Å². The number of carbonyl (C=O) groups is 3.